The molecule has 0 spiro atoms. The number of nitrogens with one attached hydrogen (secondary N) is 1. The van der Waals surface area contributed by atoms with Gasteiger partial charge in [0.15, 0.2) is 0 Å². The van der Waals surface area contributed by atoms with E-state index in [1.807, 2.05) is 4.72 Å². The number of halogens is 4. The number of ether oxygens (including phenoxy) is 1. The van der Waals surface area contributed by atoms with Crippen LogP contribution in [0.2, 0.25) is 0 Å². The summed E-state index contributed by atoms with van der Waals surface area (Å²) in [5, 5.41) is 0. The zero-order chi connectivity index (χ0) is 17.3. The zero-order valence-corrected chi connectivity index (χ0v) is 12.5. The predicted octanol–water partition coefficient (Wildman–Crippen LogP) is 3.83. The number of rotatable bonds is 4. The lowest BCUT2D eigenvalue weighted by atomic mass is 10.2. The molecule has 0 bridgehead atoms. The first-order valence-electron chi connectivity index (χ1n) is 6.22. The molecule has 0 unspecified atom stereocenters. The Labute approximate surface area is 129 Å². The highest BCUT2D eigenvalue weighted by atomic mass is 32.2. The lowest BCUT2D eigenvalue weighted by Gasteiger charge is -2.11. The third-order valence-electron chi connectivity index (χ3n) is 2.73. The van der Waals surface area contributed by atoms with Crippen LogP contribution in [0.1, 0.15) is 5.56 Å². The third-order valence-corrected chi connectivity index (χ3v) is 4.12. The van der Waals surface area contributed by atoms with Gasteiger partial charge in [-0.3, -0.25) is 4.72 Å². The van der Waals surface area contributed by atoms with Crippen molar-refractivity contribution in [2.75, 3.05) is 4.72 Å². The second kappa shape index (κ2) is 6.07. The van der Waals surface area contributed by atoms with Gasteiger partial charge < -0.3 is 4.74 Å². The van der Waals surface area contributed by atoms with Crippen molar-refractivity contribution in [3.8, 4) is 5.75 Å². The van der Waals surface area contributed by atoms with Gasteiger partial charge >= 0.3 is 6.36 Å². The van der Waals surface area contributed by atoms with Crippen molar-refractivity contribution >= 4 is 15.7 Å². The highest BCUT2D eigenvalue weighted by Crippen LogP contribution is 2.25. The van der Waals surface area contributed by atoms with Crippen LogP contribution >= 0.6 is 0 Å². The van der Waals surface area contributed by atoms with E-state index in [0.29, 0.717) is 5.56 Å². The Morgan fingerprint density at radius 1 is 1.04 bits per heavy atom. The quantitative estimate of drug-likeness (QED) is 0.854. The lowest BCUT2D eigenvalue weighted by Crippen LogP contribution is -2.17. The van der Waals surface area contributed by atoms with Crippen molar-refractivity contribution < 1.29 is 30.7 Å². The minimum Gasteiger partial charge on any atom is -0.406 e. The molecule has 2 rings (SSSR count). The molecule has 9 heteroatoms. The first kappa shape index (κ1) is 17.1. The maximum absolute atomic E-state index is 13.6. The van der Waals surface area contributed by atoms with Gasteiger partial charge in [-0.15, -0.1) is 13.2 Å². The fraction of sp³-hybridized carbons (Fsp3) is 0.143. The van der Waals surface area contributed by atoms with Gasteiger partial charge in [-0.25, -0.2) is 12.8 Å². The molecule has 2 aromatic rings. The molecule has 0 saturated carbocycles. The van der Waals surface area contributed by atoms with E-state index < -0.39 is 28.0 Å². The van der Waals surface area contributed by atoms with Crippen LogP contribution in [0.25, 0.3) is 0 Å². The largest absolute Gasteiger partial charge is 0.573 e. The summed E-state index contributed by atoms with van der Waals surface area (Å²) in [5.41, 5.74) is 0.388. The molecule has 0 amide bonds. The SMILES string of the molecule is Cc1ccc(F)c(NS(=O)(=O)c2ccc(OC(F)(F)F)cc2)c1. The summed E-state index contributed by atoms with van der Waals surface area (Å²) in [5.74, 6) is -1.32. The van der Waals surface area contributed by atoms with E-state index in [0.717, 1.165) is 30.3 Å². The smallest absolute Gasteiger partial charge is 0.406 e. The molecule has 23 heavy (non-hydrogen) atoms. The van der Waals surface area contributed by atoms with E-state index in [1.165, 1.54) is 12.1 Å². The second-order valence-electron chi connectivity index (χ2n) is 4.61. The van der Waals surface area contributed by atoms with Gasteiger partial charge in [-0.1, -0.05) is 6.07 Å². The summed E-state index contributed by atoms with van der Waals surface area (Å²) in [6.07, 6.45) is -4.87. The summed E-state index contributed by atoms with van der Waals surface area (Å²) in [6, 6.07) is 7.44. The summed E-state index contributed by atoms with van der Waals surface area (Å²) in [6.45, 7) is 1.65. The van der Waals surface area contributed by atoms with Crippen LogP contribution in [0.3, 0.4) is 0 Å². The summed E-state index contributed by atoms with van der Waals surface area (Å²) in [7, 11) is -4.14. The Balaban J connectivity index is 2.24. The van der Waals surface area contributed by atoms with Crippen molar-refractivity contribution in [3.63, 3.8) is 0 Å². The number of benzene rings is 2. The van der Waals surface area contributed by atoms with Gasteiger partial charge in [0.2, 0.25) is 0 Å². The molecule has 0 fully saturated rings. The van der Waals surface area contributed by atoms with Gasteiger partial charge in [-0.2, -0.15) is 0 Å². The first-order valence-corrected chi connectivity index (χ1v) is 7.70. The highest BCUT2D eigenvalue weighted by molar-refractivity contribution is 7.92. The van der Waals surface area contributed by atoms with Crippen molar-refractivity contribution in [1.82, 2.24) is 0 Å². The first-order chi connectivity index (χ1) is 10.6. The summed E-state index contributed by atoms with van der Waals surface area (Å²) in [4.78, 5) is -0.326. The van der Waals surface area contributed by atoms with Gasteiger partial charge in [0, 0.05) is 0 Å². The Morgan fingerprint density at radius 3 is 2.22 bits per heavy atom. The van der Waals surface area contributed by atoms with Crippen LogP contribution in [-0.2, 0) is 10.0 Å². The molecule has 1 N–H and O–H groups in total. The van der Waals surface area contributed by atoms with E-state index >= 15 is 0 Å². The third kappa shape index (κ3) is 4.59. The van der Waals surface area contributed by atoms with Gasteiger partial charge in [0.05, 0.1) is 10.6 Å². The fourth-order valence-electron chi connectivity index (χ4n) is 1.74. The van der Waals surface area contributed by atoms with Crippen LogP contribution in [0.5, 0.6) is 5.75 Å². The van der Waals surface area contributed by atoms with Crippen LogP contribution in [-0.4, -0.2) is 14.8 Å². The van der Waals surface area contributed by atoms with Crippen molar-refractivity contribution in [2.24, 2.45) is 0 Å². The number of hydrogen-bond donors (Lipinski definition) is 1. The Kier molecular flexibility index (Phi) is 4.51. The number of hydrogen-bond acceptors (Lipinski definition) is 3. The average Bonchev–Trinajstić information content (AvgIpc) is 2.41. The van der Waals surface area contributed by atoms with Crippen LogP contribution in [0.15, 0.2) is 47.4 Å². The lowest BCUT2D eigenvalue weighted by molar-refractivity contribution is -0.274. The molecule has 0 heterocycles. The maximum Gasteiger partial charge on any atom is 0.573 e. The van der Waals surface area contributed by atoms with Crippen LogP contribution < -0.4 is 9.46 Å². The number of alkyl halides is 3. The van der Waals surface area contributed by atoms with Crippen molar-refractivity contribution in [1.29, 1.82) is 0 Å². The average molecular weight is 349 g/mol. The van der Waals surface area contributed by atoms with Crippen LogP contribution in [0, 0.1) is 12.7 Å². The topological polar surface area (TPSA) is 55.4 Å². The van der Waals surface area contributed by atoms with E-state index in [2.05, 4.69) is 4.74 Å². The van der Waals surface area contributed by atoms with E-state index in [9.17, 15) is 26.0 Å². The second-order valence-corrected chi connectivity index (χ2v) is 6.29. The van der Waals surface area contributed by atoms with Gasteiger partial charge in [0.1, 0.15) is 11.6 Å². The van der Waals surface area contributed by atoms with Crippen molar-refractivity contribution in [3.05, 3.63) is 53.8 Å². The molecular formula is C14H11F4NO3S. The van der Waals surface area contributed by atoms with E-state index in [1.54, 1.807) is 6.92 Å². The molecule has 0 aliphatic rings. The molecule has 0 saturated heterocycles. The molecule has 2 aromatic carbocycles. The summed E-state index contributed by atoms with van der Waals surface area (Å²) < 4.78 is 79.7. The zero-order valence-electron chi connectivity index (χ0n) is 11.7. The maximum atomic E-state index is 13.6. The minimum atomic E-state index is -4.87. The molecule has 0 atom stereocenters. The van der Waals surface area contributed by atoms with Crippen LogP contribution in [0.4, 0.5) is 23.2 Å². The molecule has 124 valence electrons. The number of sulfonamides is 1. The predicted molar refractivity (Wildman–Crippen MR) is 75.1 cm³/mol. The molecular weight excluding hydrogens is 338 g/mol. The molecule has 0 radical (unpaired) electrons. The standard InChI is InChI=1S/C14H11F4NO3S/c1-9-2-7-12(15)13(8-9)19-23(20,21)11-5-3-10(4-6-11)22-14(16,17)18/h2-8,19H,1H3. The molecule has 0 aliphatic carbocycles. The van der Waals surface area contributed by atoms with E-state index in [4.69, 9.17) is 0 Å². The Hall–Kier alpha value is -2.29. The minimum absolute atomic E-state index is 0.249. The number of anilines is 1. The Bertz CT molecular complexity index is 802. The fourth-order valence-corrected chi connectivity index (χ4v) is 2.80. The summed E-state index contributed by atoms with van der Waals surface area (Å²) >= 11 is 0. The molecule has 0 aromatic heterocycles. The normalized spacial score (nSPS) is 12.0. The highest BCUT2D eigenvalue weighted by Gasteiger charge is 2.31. The van der Waals surface area contributed by atoms with Gasteiger partial charge in [0.25, 0.3) is 10.0 Å². The monoisotopic (exact) mass is 349 g/mol. The molecule has 4 nitrogen and oxygen atoms in total. The number of aryl methyl sites for hydroxylation is 1. The Morgan fingerprint density at radius 2 is 1.65 bits per heavy atom. The van der Waals surface area contributed by atoms with E-state index in [-0.39, 0.29) is 10.6 Å². The van der Waals surface area contributed by atoms with Gasteiger partial charge in [-0.05, 0) is 48.9 Å². The molecule has 0 aliphatic heterocycles. The van der Waals surface area contributed by atoms with Crippen molar-refractivity contribution in [2.45, 2.75) is 18.2 Å².